The summed E-state index contributed by atoms with van der Waals surface area (Å²) in [7, 11) is 0. The minimum absolute atomic E-state index is 0.148. The molecule has 0 aliphatic carbocycles. The van der Waals surface area contributed by atoms with Gasteiger partial charge in [0.2, 0.25) is 5.91 Å². The van der Waals surface area contributed by atoms with Crippen LogP contribution in [0.15, 0.2) is 0 Å². The van der Waals surface area contributed by atoms with Crippen molar-refractivity contribution in [3.63, 3.8) is 0 Å². The first-order valence-electron chi connectivity index (χ1n) is 6.73. The number of hydrogen-bond acceptors (Lipinski definition) is 3. The Balaban J connectivity index is 2.32. The minimum Gasteiger partial charge on any atom is -0.480 e. The third-order valence-electron chi connectivity index (χ3n) is 3.29. The van der Waals surface area contributed by atoms with Crippen molar-refractivity contribution >= 4 is 11.9 Å². The highest BCUT2D eigenvalue weighted by Crippen LogP contribution is 2.18. The molecule has 1 fully saturated rings. The summed E-state index contributed by atoms with van der Waals surface area (Å²) >= 11 is 0. The summed E-state index contributed by atoms with van der Waals surface area (Å²) in [5.41, 5.74) is 0. The smallest absolute Gasteiger partial charge is 0.326 e. The van der Waals surface area contributed by atoms with Crippen LogP contribution >= 0.6 is 0 Å². The number of carboxylic acid groups (broad SMARTS) is 1. The molecule has 1 aliphatic heterocycles. The number of unbranched alkanes of at least 4 members (excludes halogenated alkanes) is 1. The van der Waals surface area contributed by atoms with Gasteiger partial charge in [0.25, 0.3) is 0 Å². The largest absolute Gasteiger partial charge is 0.480 e. The average Bonchev–Trinajstić information content (AvgIpc) is 2.35. The van der Waals surface area contributed by atoms with Crippen molar-refractivity contribution in [3.8, 4) is 0 Å². The number of carbonyl (C=O) groups excluding carboxylic acids is 1. The van der Waals surface area contributed by atoms with Crippen molar-refractivity contribution in [1.82, 2.24) is 5.32 Å². The first kappa shape index (κ1) is 15.0. The van der Waals surface area contributed by atoms with Crippen LogP contribution in [0.3, 0.4) is 0 Å². The van der Waals surface area contributed by atoms with E-state index < -0.39 is 12.0 Å². The zero-order valence-corrected chi connectivity index (χ0v) is 11.0. The van der Waals surface area contributed by atoms with E-state index in [1.807, 2.05) is 6.92 Å². The lowest BCUT2D eigenvalue weighted by Crippen LogP contribution is -2.41. The Morgan fingerprint density at radius 1 is 1.39 bits per heavy atom. The molecule has 0 aromatic rings. The van der Waals surface area contributed by atoms with Gasteiger partial charge in [0.1, 0.15) is 6.04 Å². The second-order valence-electron chi connectivity index (χ2n) is 4.86. The molecule has 0 aromatic heterocycles. The van der Waals surface area contributed by atoms with Crippen molar-refractivity contribution in [2.75, 3.05) is 13.2 Å². The Morgan fingerprint density at radius 3 is 2.61 bits per heavy atom. The molecule has 1 saturated heterocycles. The van der Waals surface area contributed by atoms with E-state index in [1.54, 1.807) is 0 Å². The van der Waals surface area contributed by atoms with Crippen LogP contribution in [-0.2, 0) is 14.3 Å². The van der Waals surface area contributed by atoms with Gasteiger partial charge in [-0.15, -0.1) is 0 Å². The van der Waals surface area contributed by atoms with E-state index >= 15 is 0 Å². The number of nitrogens with one attached hydrogen (secondary N) is 1. The fraction of sp³-hybridized carbons (Fsp3) is 0.846. The summed E-state index contributed by atoms with van der Waals surface area (Å²) in [6.07, 6.45) is 4.44. The highest BCUT2D eigenvalue weighted by molar-refractivity contribution is 5.83. The van der Waals surface area contributed by atoms with Crippen molar-refractivity contribution < 1.29 is 19.4 Å². The van der Waals surface area contributed by atoms with Gasteiger partial charge < -0.3 is 15.2 Å². The van der Waals surface area contributed by atoms with Gasteiger partial charge in [-0.1, -0.05) is 19.8 Å². The normalized spacial score (nSPS) is 18.3. The molecular formula is C13H23NO4. The number of aliphatic carboxylic acids is 1. The maximum absolute atomic E-state index is 11.8. The van der Waals surface area contributed by atoms with Gasteiger partial charge in [0, 0.05) is 19.6 Å². The van der Waals surface area contributed by atoms with E-state index in [1.165, 1.54) is 0 Å². The second kappa shape index (κ2) is 8.08. The second-order valence-corrected chi connectivity index (χ2v) is 4.86. The Hall–Kier alpha value is -1.10. The first-order chi connectivity index (χ1) is 8.63. The molecule has 1 unspecified atom stereocenters. The van der Waals surface area contributed by atoms with Crippen LogP contribution in [0.25, 0.3) is 0 Å². The molecule has 1 atom stereocenters. The summed E-state index contributed by atoms with van der Waals surface area (Å²) < 4.78 is 5.23. The predicted molar refractivity (Wildman–Crippen MR) is 67.3 cm³/mol. The molecule has 0 bridgehead atoms. The van der Waals surface area contributed by atoms with Gasteiger partial charge in [-0.05, 0) is 25.2 Å². The van der Waals surface area contributed by atoms with Gasteiger partial charge >= 0.3 is 5.97 Å². The molecule has 0 aromatic carbocycles. The predicted octanol–water partition coefficient (Wildman–Crippen LogP) is 1.56. The number of ether oxygens (including phenoxy) is 1. The maximum Gasteiger partial charge on any atom is 0.326 e. The zero-order chi connectivity index (χ0) is 13.4. The van der Waals surface area contributed by atoms with Crippen LogP contribution in [0, 0.1) is 5.92 Å². The van der Waals surface area contributed by atoms with Gasteiger partial charge in [0.15, 0.2) is 0 Å². The van der Waals surface area contributed by atoms with Crippen LogP contribution < -0.4 is 5.32 Å². The van der Waals surface area contributed by atoms with E-state index in [0.29, 0.717) is 32.0 Å². The lowest BCUT2D eigenvalue weighted by molar-refractivity contribution is -0.142. The Labute approximate surface area is 108 Å². The van der Waals surface area contributed by atoms with E-state index in [0.717, 1.165) is 25.7 Å². The van der Waals surface area contributed by atoms with Gasteiger partial charge in [0.05, 0.1) is 0 Å². The minimum atomic E-state index is -0.941. The zero-order valence-electron chi connectivity index (χ0n) is 11.0. The summed E-state index contributed by atoms with van der Waals surface area (Å²) in [6.45, 7) is 3.41. The topological polar surface area (TPSA) is 75.6 Å². The van der Waals surface area contributed by atoms with Crippen LogP contribution in [0.5, 0.6) is 0 Å². The monoisotopic (exact) mass is 257 g/mol. The number of rotatable bonds is 7. The number of carboxylic acids is 1. The van der Waals surface area contributed by atoms with Crippen molar-refractivity contribution in [2.24, 2.45) is 5.92 Å². The van der Waals surface area contributed by atoms with E-state index in [9.17, 15) is 9.59 Å². The Morgan fingerprint density at radius 2 is 2.06 bits per heavy atom. The lowest BCUT2D eigenvalue weighted by atomic mass is 9.96. The van der Waals surface area contributed by atoms with Crippen molar-refractivity contribution in [2.45, 2.75) is 51.5 Å². The number of hydrogen-bond donors (Lipinski definition) is 2. The fourth-order valence-electron chi connectivity index (χ4n) is 2.13. The molecule has 18 heavy (non-hydrogen) atoms. The fourth-order valence-corrected chi connectivity index (χ4v) is 2.13. The first-order valence-corrected chi connectivity index (χ1v) is 6.73. The van der Waals surface area contributed by atoms with Crippen LogP contribution in [-0.4, -0.2) is 36.2 Å². The molecule has 0 saturated carbocycles. The number of amides is 1. The third kappa shape index (κ3) is 5.49. The van der Waals surface area contributed by atoms with Gasteiger partial charge in [-0.25, -0.2) is 4.79 Å². The Kier molecular flexibility index (Phi) is 6.72. The molecule has 1 heterocycles. The summed E-state index contributed by atoms with van der Waals surface area (Å²) in [6, 6.07) is -0.739. The third-order valence-corrected chi connectivity index (χ3v) is 3.29. The molecule has 1 amide bonds. The molecule has 1 aliphatic rings. The quantitative estimate of drug-likeness (QED) is 0.725. The highest BCUT2D eigenvalue weighted by Gasteiger charge is 2.22. The van der Waals surface area contributed by atoms with E-state index in [-0.39, 0.29) is 5.91 Å². The molecule has 5 nitrogen and oxygen atoms in total. The van der Waals surface area contributed by atoms with Crippen LogP contribution in [0.4, 0.5) is 0 Å². The molecule has 5 heteroatoms. The summed E-state index contributed by atoms with van der Waals surface area (Å²) in [5, 5.41) is 11.6. The SMILES string of the molecule is CCCCC(NC(=O)CC1CCOCC1)C(=O)O. The lowest BCUT2D eigenvalue weighted by Gasteiger charge is -2.22. The average molecular weight is 257 g/mol. The summed E-state index contributed by atoms with van der Waals surface area (Å²) in [4.78, 5) is 22.8. The van der Waals surface area contributed by atoms with Crippen LogP contribution in [0.2, 0.25) is 0 Å². The van der Waals surface area contributed by atoms with E-state index in [4.69, 9.17) is 9.84 Å². The standard InChI is InChI=1S/C13H23NO4/c1-2-3-4-11(13(16)17)14-12(15)9-10-5-7-18-8-6-10/h10-11H,2-9H2,1H3,(H,14,15)(H,16,17). The van der Waals surface area contributed by atoms with E-state index in [2.05, 4.69) is 5.32 Å². The molecule has 104 valence electrons. The molecule has 2 N–H and O–H groups in total. The maximum atomic E-state index is 11.8. The van der Waals surface area contributed by atoms with Crippen molar-refractivity contribution in [1.29, 1.82) is 0 Å². The number of carbonyl (C=O) groups is 2. The molecule has 0 spiro atoms. The Bertz CT molecular complexity index is 274. The molecule has 1 rings (SSSR count). The van der Waals surface area contributed by atoms with Crippen LogP contribution in [0.1, 0.15) is 45.4 Å². The van der Waals surface area contributed by atoms with Crippen molar-refractivity contribution in [3.05, 3.63) is 0 Å². The van der Waals surface area contributed by atoms with Gasteiger partial charge in [-0.2, -0.15) is 0 Å². The summed E-state index contributed by atoms with van der Waals surface area (Å²) in [5.74, 6) is -0.756. The molecular weight excluding hydrogens is 234 g/mol. The molecule has 0 radical (unpaired) electrons. The highest BCUT2D eigenvalue weighted by atomic mass is 16.5. The van der Waals surface area contributed by atoms with Gasteiger partial charge in [-0.3, -0.25) is 4.79 Å².